The predicted molar refractivity (Wildman–Crippen MR) is 106 cm³/mol. The molecule has 3 heterocycles. The molecule has 1 aromatic carbocycles. The number of nitrogens with zero attached hydrogens (tertiary/aromatic N) is 5. The first-order chi connectivity index (χ1) is 12.6. The van der Waals surface area contributed by atoms with Crippen LogP contribution in [-0.4, -0.2) is 46.8 Å². The molecule has 9 nitrogen and oxygen atoms in total. The largest absolute Gasteiger partial charge is 0.497 e. The molecule has 4 rings (SSSR count). The van der Waals surface area contributed by atoms with Crippen LogP contribution in [0.2, 0.25) is 0 Å². The van der Waals surface area contributed by atoms with Crippen LogP contribution in [0, 0.1) is 0 Å². The second-order valence-electron chi connectivity index (χ2n) is 5.53. The molecule has 0 aliphatic carbocycles. The Balaban J connectivity index is 0.00000140. The van der Waals surface area contributed by atoms with Crippen molar-refractivity contribution in [3.05, 3.63) is 55.0 Å². The molecule has 3 N–H and O–H groups in total. The van der Waals surface area contributed by atoms with E-state index < -0.39 is 11.0 Å². The summed E-state index contributed by atoms with van der Waals surface area (Å²) < 4.78 is 19.8. The van der Waals surface area contributed by atoms with Gasteiger partial charge in [0.15, 0.2) is 5.65 Å². The van der Waals surface area contributed by atoms with Crippen LogP contribution < -0.4 is 10.1 Å². The first kappa shape index (κ1) is 18.5. The zero-order valence-electron chi connectivity index (χ0n) is 14.7. The molecule has 0 saturated carbocycles. The van der Waals surface area contributed by atoms with Crippen LogP contribution in [0.25, 0.3) is 16.8 Å². The number of benzene rings is 1. The van der Waals surface area contributed by atoms with Gasteiger partial charge < -0.3 is 15.5 Å². The first-order valence-corrected chi connectivity index (χ1v) is 9.31. The first-order valence-electron chi connectivity index (χ1n) is 7.79. The fourth-order valence-electron chi connectivity index (χ4n) is 2.57. The van der Waals surface area contributed by atoms with Crippen molar-refractivity contribution < 1.29 is 15.8 Å². The molecule has 142 valence electrons. The van der Waals surface area contributed by atoms with E-state index in [1.54, 1.807) is 30.3 Å². The smallest absolute Gasteiger partial charge is 0.247 e. The molecule has 3 aromatic heterocycles. The minimum atomic E-state index is -1.20. The summed E-state index contributed by atoms with van der Waals surface area (Å²) in [6.07, 6.45) is 6.80. The van der Waals surface area contributed by atoms with Gasteiger partial charge in [-0.05, 0) is 36.4 Å². The van der Waals surface area contributed by atoms with Gasteiger partial charge in [-0.3, -0.25) is 0 Å². The Morgan fingerprint density at radius 1 is 1.22 bits per heavy atom. The number of ether oxygens (including phenoxy) is 1. The van der Waals surface area contributed by atoms with Crippen molar-refractivity contribution in [3.8, 4) is 16.9 Å². The maximum atomic E-state index is 11.6. The van der Waals surface area contributed by atoms with Gasteiger partial charge in [-0.25, -0.2) is 8.72 Å². The van der Waals surface area contributed by atoms with Gasteiger partial charge in [-0.1, -0.05) is 0 Å². The third-order valence-electron chi connectivity index (χ3n) is 3.84. The van der Waals surface area contributed by atoms with E-state index >= 15 is 0 Å². The highest BCUT2D eigenvalue weighted by Crippen LogP contribution is 2.25. The summed E-state index contributed by atoms with van der Waals surface area (Å²) in [6, 6.07) is 11.3. The lowest BCUT2D eigenvalue weighted by atomic mass is 10.1. The molecular formula is C17H20N6O3S. The Morgan fingerprint density at radius 3 is 2.67 bits per heavy atom. The Hall–Kier alpha value is -3.24. The van der Waals surface area contributed by atoms with Crippen LogP contribution in [-0.2, 0) is 11.0 Å². The van der Waals surface area contributed by atoms with Crippen molar-refractivity contribution in [2.24, 2.45) is 0 Å². The number of rotatable bonds is 5. The zero-order chi connectivity index (χ0) is 18.1. The molecule has 0 aliphatic rings. The Morgan fingerprint density at radius 2 is 2.00 bits per heavy atom. The second kappa shape index (κ2) is 7.56. The van der Waals surface area contributed by atoms with Gasteiger partial charge in [0.2, 0.25) is 5.95 Å². The lowest BCUT2D eigenvalue weighted by Gasteiger charge is -2.03. The Bertz CT molecular complexity index is 1100. The summed E-state index contributed by atoms with van der Waals surface area (Å²) in [7, 11) is 0.429. The number of aromatic nitrogens is 5. The average Bonchev–Trinajstić information content (AvgIpc) is 3.29. The number of hydrogen-bond donors (Lipinski definition) is 1. The summed E-state index contributed by atoms with van der Waals surface area (Å²) in [5.41, 5.74) is 3.23. The molecule has 0 saturated heterocycles. The quantitative estimate of drug-likeness (QED) is 0.558. The van der Waals surface area contributed by atoms with E-state index in [2.05, 4.69) is 20.5 Å². The maximum absolute atomic E-state index is 11.6. The van der Waals surface area contributed by atoms with E-state index in [9.17, 15) is 4.21 Å². The Labute approximate surface area is 159 Å². The third-order valence-corrected chi connectivity index (χ3v) is 4.57. The van der Waals surface area contributed by atoms with Crippen molar-refractivity contribution in [2.75, 3.05) is 18.7 Å². The van der Waals surface area contributed by atoms with E-state index in [1.807, 2.05) is 42.6 Å². The van der Waals surface area contributed by atoms with Crippen LogP contribution in [0.15, 0.2) is 55.0 Å². The van der Waals surface area contributed by atoms with Gasteiger partial charge in [0.05, 0.1) is 13.3 Å². The van der Waals surface area contributed by atoms with E-state index in [0.29, 0.717) is 11.6 Å². The lowest BCUT2D eigenvalue weighted by molar-refractivity contribution is 0.415. The highest BCUT2D eigenvalue weighted by Gasteiger charge is 2.12. The number of anilines is 2. The molecule has 0 spiro atoms. The van der Waals surface area contributed by atoms with Crippen LogP contribution in [0.3, 0.4) is 0 Å². The minimum absolute atomic E-state index is 0. The summed E-state index contributed by atoms with van der Waals surface area (Å²) >= 11 is 0. The molecule has 0 amide bonds. The van der Waals surface area contributed by atoms with Crippen molar-refractivity contribution >= 4 is 28.3 Å². The van der Waals surface area contributed by atoms with Gasteiger partial charge in [-0.15, -0.1) is 5.10 Å². The molecule has 0 bridgehead atoms. The maximum Gasteiger partial charge on any atom is 0.247 e. The monoisotopic (exact) mass is 388 g/mol. The van der Waals surface area contributed by atoms with Gasteiger partial charge in [0.1, 0.15) is 16.7 Å². The van der Waals surface area contributed by atoms with Crippen molar-refractivity contribution in [3.63, 3.8) is 0 Å². The standard InChI is InChI=1S/C17H16N6O2S.H2O.H2/c1-25-14-7-5-13(6-8-14)19-17-20-16-15(4-3-9-22(16)21-17)12-10-18-23(11-12)26(2)24;;/h3-11H,1-2H3,(H,19,21);1H2;1H. The molecule has 1 atom stereocenters. The van der Waals surface area contributed by atoms with Crippen molar-refractivity contribution in [1.29, 1.82) is 0 Å². The van der Waals surface area contributed by atoms with E-state index in [-0.39, 0.29) is 6.90 Å². The molecule has 10 heteroatoms. The molecule has 0 radical (unpaired) electrons. The van der Waals surface area contributed by atoms with Crippen molar-refractivity contribution in [2.45, 2.75) is 0 Å². The van der Waals surface area contributed by atoms with E-state index in [1.165, 1.54) is 4.09 Å². The third kappa shape index (κ3) is 3.66. The molecule has 0 aliphatic heterocycles. The van der Waals surface area contributed by atoms with Crippen LogP contribution in [0.5, 0.6) is 5.75 Å². The van der Waals surface area contributed by atoms with Gasteiger partial charge in [0, 0.05) is 36.9 Å². The van der Waals surface area contributed by atoms with E-state index in [0.717, 1.165) is 22.6 Å². The minimum Gasteiger partial charge on any atom is -0.497 e. The van der Waals surface area contributed by atoms with Gasteiger partial charge >= 0.3 is 0 Å². The summed E-state index contributed by atoms with van der Waals surface area (Å²) in [4.78, 5) is 4.58. The van der Waals surface area contributed by atoms with Crippen LogP contribution in [0.1, 0.15) is 1.43 Å². The zero-order valence-corrected chi connectivity index (χ0v) is 15.5. The molecule has 1 unspecified atom stereocenters. The normalized spacial score (nSPS) is 11.8. The van der Waals surface area contributed by atoms with Crippen molar-refractivity contribution in [1.82, 2.24) is 23.8 Å². The van der Waals surface area contributed by atoms with Gasteiger partial charge in [-0.2, -0.15) is 14.2 Å². The van der Waals surface area contributed by atoms with Crippen LogP contribution in [0.4, 0.5) is 11.6 Å². The predicted octanol–water partition coefficient (Wildman–Crippen LogP) is 1.91. The fraction of sp³-hybridized carbons (Fsp3) is 0.118. The second-order valence-corrected chi connectivity index (χ2v) is 6.76. The number of nitrogens with one attached hydrogen (secondary N) is 1. The van der Waals surface area contributed by atoms with Crippen LogP contribution >= 0.6 is 0 Å². The molecule has 0 fully saturated rings. The number of fused-ring (bicyclic) bond motifs is 1. The van der Waals surface area contributed by atoms with Gasteiger partial charge in [0.25, 0.3) is 0 Å². The molecule has 27 heavy (non-hydrogen) atoms. The lowest BCUT2D eigenvalue weighted by Crippen LogP contribution is -2.01. The number of methoxy groups -OCH3 is 1. The summed E-state index contributed by atoms with van der Waals surface area (Å²) in [5.74, 6) is 1.26. The SMILES string of the molecule is COc1ccc(Nc2nc3c(-c4cnn(S(C)=O)c4)cccn3n2)cc1.O.[HH]. The highest BCUT2D eigenvalue weighted by atomic mass is 32.2. The molecular weight excluding hydrogens is 368 g/mol. The number of hydrogen-bond acceptors (Lipinski definition) is 6. The topological polar surface area (TPSA) is 118 Å². The highest BCUT2D eigenvalue weighted by molar-refractivity contribution is 7.82. The average molecular weight is 388 g/mol. The number of pyridine rings is 1. The summed E-state index contributed by atoms with van der Waals surface area (Å²) in [5, 5.41) is 11.8. The van der Waals surface area contributed by atoms with E-state index in [4.69, 9.17) is 4.74 Å². The Kier molecular flexibility index (Phi) is 5.19. The molecule has 4 aromatic rings. The summed E-state index contributed by atoms with van der Waals surface area (Å²) in [6.45, 7) is 0. The fourth-order valence-corrected chi connectivity index (χ4v) is 3.01.